The van der Waals surface area contributed by atoms with Crippen LogP contribution in [0.5, 0.6) is 5.75 Å². The standard InChI is InChI=1S/C15H13Cl2N3OS/c1-9-12(8-18)15(20-10(2)19-9)22-6-5-21-14-7-11(16)3-4-13(14)17/h3-4,7H,5-6H2,1-2H3. The molecule has 0 radical (unpaired) electrons. The summed E-state index contributed by atoms with van der Waals surface area (Å²) in [4.78, 5) is 8.50. The third kappa shape index (κ3) is 4.26. The van der Waals surface area contributed by atoms with Gasteiger partial charge in [-0.2, -0.15) is 5.26 Å². The minimum atomic E-state index is 0.428. The zero-order valence-corrected chi connectivity index (χ0v) is 14.4. The molecule has 7 heteroatoms. The van der Waals surface area contributed by atoms with Gasteiger partial charge in [0.15, 0.2) is 0 Å². The Morgan fingerprint density at radius 3 is 2.77 bits per heavy atom. The Hall–Kier alpha value is -1.48. The summed E-state index contributed by atoms with van der Waals surface area (Å²) in [5.41, 5.74) is 1.20. The van der Waals surface area contributed by atoms with Crippen molar-refractivity contribution < 1.29 is 4.74 Å². The molecule has 1 aromatic carbocycles. The van der Waals surface area contributed by atoms with Gasteiger partial charge in [0.05, 0.1) is 17.3 Å². The molecule has 0 spiro atoms. The number of halogens is 2. The fourth-order valence-corrected chi connectivity index (χ4v) is 3.02. The molecule has 0 unspecified atom stereocenters. The summed E-state index contributed by atoms with van der Waals surface area (Å²) in [6.45, 7) is 4.04. The van der Waals surface area contributed by atoms with Gasteiger partial charge in [-0.3, -0.25) is 0 Å². The largest absolute Gasteiger partial charge is 0.491 e. The van der Waals surface area contributed by atoms with Crippen LogP contribution in [0.3, 0.4) is 0 Å². The second-order valence-corrected chi connectivity index (χ2v) is 6.35. The molecule has 0 saturated heterocycles. The van der Waals surface area contributed by atoms with Crippen LogP contribution in [-0.4, -0.2) is 22.3 Å². The van der Waals surface area contributed by atoms with E-state index in [1.807, 2.05) is 0 Å². The van der Waals surface area contributed by atoms with Crippen LogP contribution in [0.4, 0.5) is 0 Å². The topological polar surface area (TPSA) is 58.8 Å². The van der Waals surface area contributed by atoms with Gasteiger partial charge in [-0.25, -0.2) is 9.97 Å². The van der Waals surface area contributed by atoms with Crippen molar-refractivity contribution in [3.63, 3.8) is 0 Å². The van der Waals surface area contributed by atoms with E-state index < -0.39 is 0 Å². The van der Waals surface area contributed by atoms with Crippen molar-refractivity contribution in [2.45, 2.75) is 18.9 Å². The lowest BCUT2D eigenvalue weighted by molar-refractivity contribution is 0.344. The predicted octanol–water partition coefficient (Wildman–Crippen LogP) is 4.44. The van der Waals surface area contributed by atoms with Crippen LogP contribution >= 0.6 is 35.0 Å². The SMILES string of the molecule is Cc1nc(C)c(C#N)c(SCCOc2cc(Cl)ccc2Cl)n1. The second kappa shape index (κ2) is 7.68. The van der Waals surface area contributed by atoms with Gasteiger partial charge in [-0.1, -0.05) is 23.2 Å². The van der Waals surface area contributed by atoms with E-state index in [0.29, 0.717) is 50.3 Å². The normalized spacial score (nSPS) is 10.3. The summed E-state index contributed by atoms with van der Waals surface area (Å²) in [5, 5.41) is 10.9. The van der Waals surface area contributed by atoms with Crippen LogP contribution in [0, 0.1) is 25.2 Å². The summed E-state index contributed by atoms with van der Waals surface area (Å²) in [7, 11) is 0. The van der Waals surface area contributed by atoms with Crippen LogP contribution in [-0.2, 0) is 0 Å². The zero-order chi connectivity index (χ0) is 16.1. The summed E-state index contributed by atoms with van der Waals surface area (Å²) >= 11 is 13.4. The van der Waals surface area contributed by atoms with E-state index >= 15 is 0 Å². The van der Waals surface area contributed by atoms with Crippen molar-refractivity contribution in [3.8, 4) is 11.8 Å². The molecule has 22 heavy (non-hydrogen) atoms. The molecule has 0 aliphatic heterocycles. The van der Waals surface area contributed by atoms with Crippen molar-refractivity contribution >= 4 is 35.0 Å². The summed E-state index contributed by atoms with van der Waals surface area (Å²) in [5.74, 6) is 1.83. The lowest BCUT2D eigenvalue weighted by atomic mass is 10.3. The van der Waals surface area contributed by atoms with Gasteiger partial charge in [0.1, 0.15) is 28.2 Å². The van der Waals surface area contributed by atoms with Crippen molar-refractivity contribution in [2.75, 3.05) is 12.4 Å². The summed E-state index contributed by atoms with van der Waals surface area (Å²) in [6.07, 6.45) is 0. The molecule has 0 aliphatic rings. The van der Waals surface area contributed by atoms with Crippen LogP contribution in [0.1, 0.15) is 17.1 Å². The van der Waals surface area contributed by atoms with Crippen molar-refractivity contribution in [1.29, 1.82) is 5.26 Å². The lowest BCUT2D eigenvalue weighted by Crippen LogP contribution is -2.03. The van der Waals surface area contributed by atoms with Gasteiger partial charge in [-0.15, -0.1) is 11.8 Å². The monoisotopic (exact) mass is 353 g/mol. The van der Waals surface area contributed by atoms with Gasteiger partial charge >= 0.3 is 0 Å². The third-order valence-corrected chi connectivity index (χ3v) is 4.24. The fourth-order valence-electron chi connectivity index (χ4n) is 1.79. The molecule has 0 N–H and O–H groups in total. The van der Waals surface area contributed by atoms with Crippen LogP contribution in [0.15, 0.2) is 23.2 Å². The number of hydrogen-bond donors (Lipinski definition) is 0. The maximum absolute atomic E-state index is 9.18. The van der Waals surface area contributed by atoms with Crippen LogP contribution in [0.2, 0.25) is 10.0 Å². The van der Waals surface area contributed by atoms with Gasteiger partial charge in [0, 0.05) is 16.8 Å². The smallest absolute Gasteiger partial charge is 0.139 e. The molecule has 0 fully saturated rings. The quantitative estimate of drug-likeness (QED) is 0.451. The number of aryl methyl sites for hydroxylation is 2. The first-order valence-corrected chi connectivity index (χ1v) is 8.21. The molecular weight excluding hydrogens is 341 g/mol. The Morgan fingerprint density at radius 2 is 2.05 bits per heavy atom. The Kier molecular flexibility index (Phi) is 5.90. The number of hydrogen-bond acceptors (Lipinski definition) is 5. The Balaban J connectivity index is 1.97. The number of thioether (sulfide) groups is 1. The highest BCUT2D eigenvalue weighted by molar-refractivity contribution is 7.99. The maximum Gasteiger partial charge on any atom is 0.139 e. The zero-order valence-electron chi connectivity index (χ0n) is 12.1. The molecule has 0 saturated carbocycles. The highest BCUT2D eigenvalue weighted by atomic mass is 35.5. The molecule has 1 heterocycles. The minimum absolute atomic E-state index is 0.428. The highest BCUT2D eigenvalue weighted by Gasteiger charge is 2.10. The first-order valence-electron chi connectivity index (χ1n) is 6.47. The molecule has 0 amide bonds. The number of ether oxygens (including phenoxy) is 1. The van der Waals surface area contributed by atoms with E-state index in [9.17, 15) is 5.26 Å². The third-order valence-electron chi connectivity index (χ3n) is 2.75. The predicted molar refractivity (Wildman–Crippen MR) is 88.9 cm³/mol. The van der Waals surface area contributed by atoms with Gasteiger partial charge in [0.25, 0.3) is 0 Å². The van der Waals surface area contributed by atoms with Crippen LogP contribution in [0.25, 0.3) is 0 Å². The molecular formula is C15H13Cl2N3OS. The molecule has 0 bridgehead atoms. The van der Waals surface area contributed by atoms with Gasteiger partial charge in [0.2, 0.25) is 0 Å². The Labute approximate surface area is 143 Å². The molecule has 0 atom stereocenters. The van der Waals surface area contributed by atoms with Crippen molar-refractivity contribution in [1.82, 2.24) is 9.97 Å². The number of nitrogens with zero attached hydrogens (tertiary/aromatic N) is 3. The molecule has 0 aliphatic carbocycles. The highest BCUT2D eigenvalue weighted by Crippen LogP contribution is 2.28. The first kappa shape index (κ1) is 16.9. The number of nitriles is 1. The lowest BCUT2D eigenvalue weighted by Gasteiger charge is -2.09. The number of rotatable bonds is 5. The Bertz CT molecular complexity index is 731. The average Bonchev–Trinajstić information content (AvgIpc) is 2.46. The van der Waals surface area contributed by atoms with E-state index in [-0.39, 0.29) is 0 Å². The Morgan fingerprint density at radius 1 is 1.27 bits per heavy atom. The first-order chi connectivity index (χ1) is 10.5. The minimum Gasteiger partial charge on any atom is -0.491 e. The van der Waals surface area contributed by atoms with E-state index in [1.54, 1.807) is 32.0 Å². The van der Waals surface area contributed by atoms with Gasteiger partial charge < -0.3 is 4.74 Å². The van der Waals surface area contributed by atoms with E-state index in [1.165, 1.54) is 11.8 Å². The molecule has 114 valence electrons. The molecule has 2 aromatic rings. The molecule has 4 nitrogen and oxygen atoms in total. The van der Waals surface area contributed by atoms with Crippen molar-refractivity contribution in [2.24, 2.45) is 0 Å². The second-order valence-electron chi connectivity index (χ2n) is 4.42. The van der Waals surface area contributed by atoms with E-state index in [0.717, 1.165) is 0 Å². The maximum atomic E-state index is 9.18. The van der Waals surface area contributed by atoms with E-state index in [4.69, 9.17) is 27.9 Å². The summed E-state index contributed by atoms with van der Waals surface area (Å²) in [6, 6.07) is 7.21. The molecule has 1 aromatic heterocycles. The van der Waals surface area contributed by atoms with E-state index in [2.05, 4.69) is 16.0 Å². The molecule has 2 rings (SSSR count). The fraction of sp³-hybridized carbons (Fsp3) is 0.267. The summed E-state index contributed by atoms with van der Waals surface area (Å²) < 4.78 is 5.61. The average molecular weight is 354 g/mol. The van der Waals surface area contributed by atoms with Crippen molar-refractivity contribution in [3.05, 3.63) is 45.3 Å². The van der Waals surface area contributed by atoms with Crippen LogP contribution < -0.4 is 4.74 Å². The van der Waals surface area contributed by atoms with Gasteiger partial charge in [-0.05, 0) is 26.0 Å². The number of benzene rings is 1. The number of aromatic nitrogens is 2.